The summed E-state index contributed by atoms with van der Waals surface area (Å²) >= 11 is 12.0. The molecule has 0 saturated carbocycles. The Labute approximate surface area is 156 Å². The minimum atomic E-state index is 0.0331. The van der Waals surface area contributed by atoms with Crippen LogP contribution in [0.5, 0.6) is 11.8 Å². The summed E-state index contributed by atoms with van der Waals surface area (Å²) in [7, 11) is 0. The van der Waals surface area contributed by atoms with Crippen molar-refractivity contribution in [2.24, 2.45) is 0 Å². The Morgan fingerprint density at radius 1 is 1.04 bits per heavy atom. The van der Waals surface area contributed by atoms with Crippen LogP contribution in [0, 0.1) is 0 Å². The SMILES string of the molecule is CC(C)(C)c1cccc(Oc2nnnn2Cc2ccc(Cl)c(Cl)c2)c1. The highest BCUT2D eigenvalue weighted by molar-refractivity contribution is 6.42. The van der Waals surface area contributed by atoms with Gasteiger partial charge in [0.15, 0.2) is 0 Å². The van der Waals surface area contributed by atoms with Gasteiger partial charge in [0, 0.05) is 0 Å². The Morgan fingerprint density at radius 3 is 2.56 bits per heavy atom. The lowest BCUT2D eigenvalue weighted by atomic mass is 9.87. The third-order valence-corrected chi connectivity index (χ3v) is 4.46. The number of benzene rings is 2. The van der Waals surface area contributed by atoms with E-state index in [0.29, 0.717) is 28.3 Å². The summed E-state index contributed by atoms with van der Waals surface area (Å²) in [5.74, 6) is 0.692. The first-order valence-electron chi connectivity index (χ1n) is 7.81. The molecule has 0 aliphatic heterocycles. The standard InChI is InChI=1S/C18H18Cl2N4O/c1-18(2,3)13-5-4-6-14(10-13)25-17-21-22-23-24(17)11-12-7-8-15(19)16(20)9-12/h4-10H,11H2,1-3H3. The van der Waals surface area contributed by atoms with Gasteiger partial charge in [-0.2, -0.15) is 4.68 Å². The quantitative estimate of drug-likeness (QED) is 0.633. The average Bonchev–Trinajstić information content (AvgIpc) is 2.97. The molecule has 0 unspecified atom stereocenters. The zero-order chi connectivity index (χ0) is 18.0. The minimum absolute atomic E-state index is 0.0331. The topological polar surface area (TPSA) is 52.8 Å². The Bertz CT molecular complexity index is 887. The Morgan fingerprint density at radius 2 is 1.84 bits per heavy atom. The highest BCUT2D eigenvalue weighted by Crippen LogP contribution is 2.28. The van der Waals surface area contributed by atoms with Gasteiger partial charge in [-0.25, -0.2) is 0 Å². The third kappa shape index (κ3) is 4.30. The van der Waals surface area contributed by atoms with E-state index in [1.54, 1.807) is 16.8 Å². The van der Waals surface area contributed by atoms with Crippen molar-refractivity contribution in [3.8, 4) is 11.8 Å². The van der Waals surface area contributed by atoms with Crippen molar-refractivity contribution in [3.63, 3.8) is 0 Å². The van der Waals surface area contributed by atoms with Crippen LogP contribution in [0.1, 0.15) is 31.9 Å². The Balaban J connectivity index is 1.81. The van der Waals surface area contributed by atoms with E-state index in [0.717, 1.165) is 5.56 Å². The fourth-order valence-corrected chi connectivity index (χ4v) is 2.63. The molecule has 2 aromatic carbocycles. The molecule has 25 heavy (non-hydrogen) atoms. The van der Waals surface area contributed by atoms with Gasteiger partial charge in [0.2, 0.25) is 0 Å². The van der Waals surface area contributed by atoms with Crippen LogP contribution >= 0.6 is 23.2 Å². The molecule has 0 aliphatic carbocycles. The molecule has 0 fully saturated rings. The van der Waals surface area contributed by atoms with E-state index >= 15 is 0 Å². The van der Waals surface area contributed by atoms with Crippen LogP contribution in [0.25, 0.3) is 0 Å². The fourth-order valence-electron chi connectivity index (χ4n) is 2.31. The summed E-state index contributed by atoms with van der Waals surface area (Å²) in [5.41, 5.74) is 2.13. The first-order chi connectivity index (χ1) is 11.8. The Hall–Kier alpha value is -2.11. The van der Waals surface area contributed by atoms with Crippen LogP contribution in [0.2, 0.25) is 10.0 Å². The van der Waals surface area contributed by atoms with Crippen LogP contribution in [-0.4, -0.2) is 20.2 Å². The van der Waals surface area contributed by atoms with Gasteiger partial charge < -0.3 is 4.74 Å². The molecule has 1 aromatic heterocycles. The number of halogens is 2. The zero-order valence-electron chi connectivity index (χ0n) is 14.2. The molecule has 0 saturated heterocycles. The maximum Gasteiger partial charge on any atom is 0.341 e. The number of tetrazole rings is 1. The Kier molecular flexibility index (Phi) is 4.97. The highest BCUT2D eigenvalue weighted by Gasteiger charge is 2.15. The van der Waals surface area contributed by atoms with E-state index in [9.17, 15) is 0 Å². The first-order valence-corrected chi connectivity index (χ1v) is 8.57. The van der Waals surface area contributed by atoms with Crippen LogP contribution in [0.4, 0.5) is 0 Å². The lowest BCUT2D eigenvalue weighted by Crippen LogP contribution is -2.11. The predicted molar refractivity (Wildman–Crippen MR) is 98.6 cm³/mol. The van der Waals surface area contributed by atoms with E-state index in [4.69, 9.17) is 27.9 Å². The van der Waals surface area contributed by atoms with Gasteiger partial charge in [0.05, 0.1) is 16.6 Å². The van der Waals surface area contributed by atoms with Gasteiger partial charge in [-0.05, 0) is 51.2 Å². The van der Waals surface area contributed by atoms with Crippen molar-refractivity contribution in [3.05, 3.63) is 63.6 Å². The second-order valence-electron chi connectivity index (χ2n) is 6.75. The number of rotatable bonds is 4. The highest BCUT2D eigenvalue weighted by atomic mass is 35.5. The zero-order valence-corrected chi connectivity index (χ0v) is 15.7. The second-order valence-corrected chi connectivity index (χ2v) is 7.56. The van der Waals surface area contributed by atoms with E-state index in [-0.39, 0.29) is 5.41 Å². The summed E-state index contributed by atoms with van der Waals surface area (Å²) < 4.78 is 7.45. The van der Waals surface area contributed by atoms with Crippen LogP contribution in [0.15, 0.2) is 42.5 Å². The molecule has 0 atom stereocenters. The van der Waals surface area contributed by atoms with Crippen LogP contribution in [-0.2, 0) is 12.0 Å². The summed E-state index contributed by atoms with van der Waals surface area (Å²) in [5, 5.41) is 12.7. The molecule has 7 heteroatoms. The number of aromatic nitrogens is 4. The maximum absolute atomic E-state index is 6.06. The monoisotopic (exact) mass is 376 g/mol. The van der Waals surface area contributed by atoms with Gasteiger partial charge in [0.25, 0.3) is 0 Å². The summed E-state index contributed by atoms with van der Waals surface area (Å²) in [6, 6.07) is 13.6. The van der Waals surface area contributed by atoms with Crippen molar-refractivity contribution >= 4 is 23.2 Å². The summed E-state index contributed by atoms with van der Waals surface area (Å²) in [6.45, 7) is 6.89. The van der Waals surface area contributed by atoms with Crippen molar-refractivity contribution < 1.29 is 4.74 Å². The molecule has 3 aromatic rings. The predicted octanol–water partition coefficient (Wildman–Crippen LogP) is 5.12. The molecule has 0 aliphatic rings. The largest absolute Gasteiger partial charge is 0.423 e. The first kappa shape index (κ1) is 17.7. The van der Waals surface area contributed by atoms with E-state index < -0.39 is 0 Å². The van der Waals surface area contributed by atoms with Crippen molar-refractivity contribution in [1.29, 1.82) is 0 Å². The van der Waals surface area contributed by atoms with Gasteiger partial charge in [-0.3, -0.25) is 0 Å². The normalized spacial score (nSPS) is 11.6. The van der Waals surface area contributed by atoms with Gasteiger partial charge in [0.1, 0.15) is 5.75 Å². The second kappa shape index (κ2) is 7.02. The van der Waals surface area contributed by atoms with Gasteiger partial charge in [-0.15, -0.1) is 0 Å². The molecule has 0 bridgehead atoms. The molecular weight excluding hydrogens is 359 g/mol. The third-order valence-electron chi connectivity index (χ3n) is 3.72. The van der Waals surface area contributed by atoms with Crippen molar-refractivity contribution in [2.75, 3.05) is 0 Å². The van der Waals surface area contributed by atoms with Crippen molar-refractivity contribution in [1.82, 2.24) is 20.2 Å². The number of ether oxygens (including phenoxy) is 1. The molecule has 130 valence electrons. The number of hydrogen-bond donors (Lipinski definition) is 0. The summed E-state index contributed by atoms with van der Waals surface area (Å²) in [4.78, 5) is 0. The molecule has 1 heterocycles. The van der Waals surface area contributed by atoms with E-state index in [2.05, 4.69) is 42.4 Å². The summed E-state index contributed by atoms with van der Waals surface area (Å²) in [6.07, 6.45) is 0. The van der Waals surface area contributed by atoms with E-state index in [1.165, 1.54) is 5.56 Å². The molecule has 3 rings (SSSR count). The van der Waals surface area contributed by atoms with Gasteiger partial charge in [-0.1, -0.05) is 67.3 Å². The lowest BCUT2D eigenvalue weighted by Gasteiger charge is -2.19. The lowest BCUT2D eigenvalue weighted by molar-refractivity contribution is 0.404. The number of hydrogen-bond acceptors (Lipinski definition) is 4. The minimum Gasteiger partial charge on any atom is -0.423 e. The molecular formula is C18H18Cl2N4O. The average molecular weight is 377 g/mol. The maximum atomic E-state index is 6.06. The van der Waals surface area contributed by atoms with Crippen LogP contribution in [0.3, 0.4) is 0 Å². The molecule has 0 amide bonds. The number of nitrogens with zero attached hydrogens (tertiary/aromatic N) is 4. The molecule has 0 N–H and O–H groups in total. The molecule has 0 radical (unpaired) electrons. The van der Waals surface area contributed by atoms with Crippen molar-refractivity contribution in [2.45, 2.75) is 32.7 Å². The molecule has 0 spiro atoms. The van der Waals surface area contributed by atoms with Crippen LogP contribution < -0.4 is 4.74 Å². The van der Waals surface area contributed by atoms with E-state index in [1.807, 2.05) is 24.3 Å². The van der Waals surface area contributed by atoms with Gasteiger partial charge >= 0.3 is 6.01 Å². The molecule has 5 nitrogen and oxygen atoms in total. The smallest absolute Gasteiger partial charge is 0.341 e. The fraction of sp³-hybridized carbons (Fsp3) is 0.278.